The van der Waals surface area contributed by atoms with Gasteiger partial charge in [0, 0.05) is 39.6 Å². The van der Waals surface area contributed by atoms with E-state index in [1.165, 1.54) is 4.90 Å². The molecule has 1 fully saturated rings. The van der Waals surface area contributed by atoms with Gasteiger partial charge in [0.25, 0.3) is 0 Å². The van der Waals surface area contributed by atoms with Crippen LogP contribution in [0.2, 0.25) is 0 Å². The Kier molecular flexibility index (Phi) is 4.20. The van der Waals surface area contributed by atoms with E-state index < -0.39 is 17.4 Å². The number of carboxylic acids is 1. The summed E-state index contributed by atoms with van der Waals surface area (Å²) in [6.07, 6.45) is 1.91. The minimum Gasteiger partial charge on any atom is -0.478 e. The van der Waals surface area contributed by atoms with Gasteiger partial charge in [-0.15, -0.1) is 0 Å². The maximum atomic E-state index is 13.1. The van der Waals surface area contributed by atoms with Crippen LogP contribution in [0.1, 0.15) is 23.2 Å². The lowest BCUT2D eigenvalue weighted by molar-refractivity contribution is -0.0573. The second-order valence-electron chi connectivity index (χ2n) is 5.02. The fourth-order valence-corrected chi connectivity index (χ4v) is 2.32. The zero-order valence-electron chi connectivity index (χ0n) is 11.2. The summed E-state index contributed by atoms with van der Waals surface area (Å²) in [7, 11) is 1.63. The molecule has 0 atom stereocenters. The maximum Gasteiger partial charge on any atom is 0.339 e. The van der Waals surface area contributed by atoms with Crippen molar-refractivity contribution in [2.24, 2.45) is 0 Å². The van der Waals surface area contributed by atoms with Gasteiger partial charge in [-0.05, 0) is 6.07 Å². The topological polar surface area (TPSA) is 82.9 Å². The molecule has 2 N–H and O–H groups in total. The molecule has 0 amide bonds. The fraction of sp³-hybridized carbons (Fsp3) is 0.538. The first-order valence-electron chi connectivity index (χ1n) is 6.31. The molecule has 0 aliphatic carbocycles. The van der Waals surface area contributed by atoms with Crippen molar-refractivity contribution in [1.82, 2.24) is 4.98 Å². The van der Waals surface area contributed by atoms with E-state index >= 15 is 0 Å². The number of pyridine rings is 1. The largest absolute Gasteiger partial charge is 0.478 e. The average Bonchev–Trinajstić information content (AvgIpc) is 2.38. The third-order valence-corrected chi connectivity index (χ3v) is 3.38. The molecule has 2 heterocycles. The monoisotopic (exact) mass is 284 g/mol. The van der Waals surface area contributed by atoms with Crippen molar-refractivity contribution in [1.29, 1.82) is 0 Å². The van der Waals surface area contributed by atoms with E-state index in [1.54, 1.807) is 7.05 Å². The number of ether oxygens (including phenoxy) is 1. The molecule has 6 nitrogen and oxygen atoms in total. The van der Waals surface area contributed by atoms with Crippen LogP contribution in [0, 0.1) is 5.82 Å². The van der Waals surface area contributed by atoms with E-state index in [2.05, 4.69) is 4.98 Å². The molecule has 110 valence electrons. The summed E-state index contributed by atoms with van der Waals surface area (Å²) in [4.78, 5) is 16.5. The molecule has 1 aliphatic rings. The lowest BCUT2D eigenvalue weighted by Crippen LogP contribution is -2.46. The van der Waals surface area contributed by atoms with Crippen LogP contribution in [0.5, 0.6) is 0 Å². The van der Waals surface area contributed by atoms with Gasteiger partial charge >= 0.3 is 5.97 Å². The molecular weight excluding hydrogens is 267 g/mol. The highest BCUT2D eigenvalue weighted by molar-refractivity contribution is 5.93. The Labute approximate surface area is 115 Å². The maximum absolute atomic E-state index is 13.1. The van der Waals surface area contributed by atoms with Gasteiger partial charge in [-0.1, -0.05) is 0 Å². The first-order valence-corrected chi connectivity index (χ1v) is 6.31. The van der Waals surface area contributed by atoms with Crippen LogP contribution < -0.4 is 4.90 Å². The van der Waals surface area contributed by atoms with Crippen molar-refractivity contribution < 1.29 is 24.1 Å². The Morgan fingerprint density at radius 3 is 2.80 bits per heavy atom. The molecule has 1 aromatic heterocycles. The standard InChI is InChI=1S/C13H17FN2O4/c1-16(8-13(19)2-4-20-5-3-13)11-10(12(17)18)6-9(14)7-15-11/h6-7,19H,2-5,8H2,1H3,(H,17,18). The molecule has 2 rings (SSSR count). The molecule has 7 heteroatoms. The highest BCUT2D eigenvalue weighted by atomic mass is 19.1. The number of rotatable bonds is 4. The first-order chi connectivity index (χ1) is 9.41. The van der Waals surface area contributed by atoms with Crippen LogP contribution in [0.15, 0.2) is 12.3 Å². The number of carboxylic acid groups (broad SMARTS) is 1. The summed E-state index contributed by atoms with van der Waals surface area (Å²) < 4.78 is 18.3. The van der Waals surface area contributed by atoms with Crippen molar-refractivity contribution in [2.45, 2.75) is 18.4 Å². The predicted octanol–water partition coefficient (Wildman–Crippen LogP) is 0.897. The molecule has 1 aromatic rings. The predicted molar refractivity (Wildman–Crippen MR) is 69.4 cm³/mol. The van der Waals surface area contributed by atoms with E-state index in [1.807, 2.05) is 0 Å². The molecule has 0 unspecified atom stereocenters. The Balaban J connectivity index is 2.20. The molecule has 20 heavy (non-hydrogen) atoms. The highest BCUT2D eigenvalue weighted by Crippen LogP contribution is 2.25. The van der Waals surface area contributed by atoms with E-state index in [0.29, 0.717) is 26.1 Å². The van der Waals surface area contributed by atoms with E-state index in [9.17, 15) is 14.3 Å². The average molecular weight is 284 g/mol. The van der Waals surface area contributed by atoms with Crippen molar-refractivity contribution in [3.63, 3.8) is 0 Å². The Morgan fingerprint density at radius 2 is 2.20 bits per heavy atom. The van der Waals surface area contributed by atoms with Crippen LogP contribution in [-0.2, 0) is 4.74 Å². The van der Waals surface area contributed by atoms with Crippen molar-refractivity contribution in [3.05, 3.63) is 23.6 Å². The summed E-state index contributed by atoms with van der Waals surface area (Å²) in [6.45, 7) is 1.15. The number of nitrogens with zero attached hydrogens (tertiary/aromatic N) is 2. The van der Waals surface area contributed by atoms with Crippen LogP contribution in [-0.4, -0.2) is 53.6 Å². The third kappa shape index (κ3) is 3.23. The van der Waals surface area contributed by atoms with Crippen LogP contribution in [0.25, 0.3) is 0 Å². The van der Waals surface area contributed by atoms with E-state index in [-0.39, 0.29) is 17.9 Å². The van der Waals surface area contributed by atoms with Gasteiger partial charge in [0.05, 0.1) is 11.8 Å². The summed E-state index contributed by atoms with van der Waals surface area (Å²) in [5, 5.41) is 19.5. The van der Waals surface area contributed by atoms with Gasteiger partial charge in [-0.25, -0.2) is 14.2 Å². The summed E-state index contributed by atoms with van der Waals surface area (Å²) >= 11 is 0. The van der Waals surface area contributed by atoms with Gasteiger partial charge in [0.15, 0.2) is 0 Å². The van der Waals surface area contributed by atoms with Crippen LogP contribution in [0.3, 0.4) is 0 Å². The number of aliphatic hydroxyl groups is 1. The summed E-state index contributed by atoms with van der Waals surface area (Å²) in [5.74, 6) is -1.82. The van der Waals surface area contributed by atoms with Gasteiger partial charge in [0.2, 0.25) is 0 Å². The molecule has 0 aromatic carbocycles. The number of hydrogen-bond acceptors (Lipinski definition) is 5. The zero-order chi connectivity index (χ0) is 14.8. The highest BCUT2D eigenvalue weighted by Gasteiger charge is 2.32. The molecule has 0 saturated carbocycles. The zero-order valence-corrected chi connectivity index (χ0v) is 11.2. The molecular formula is C13H17FN2O4. The Bertz CT molecular complexity index is 503. The molecule has 0 radical (unpaired) electrons. The Hall–Kier alpha value is -1.73. The molecule has 1 aliphatic heterocycles. The van der Waals surface area contributed by atoms with Crippen LogP contribution in [0.4, 0.5) is 10.2 Å². The van der Waals surface area contributed by atoms with Crippen molar-refractivity contribution >= 4 is 11.8 Å². The fourth-order valence-electron chi connectivity index (χ4n) is 2.32. The second kappa shape index (κ2) is 5.72. The molecule has 0 bridgehead atoms. The third-order valence-electron chi connectivity index (χ3n) is 3.38. The van der Waals surface area contributed by atoms with Crippen molar-refractivity contribution in [2.75, 3.05) is 31.7 Å². The van der Waals surface area contributed by atoms with E-state index in [4.69, 9.17) is 9.84 Å². The normalized spacial score (nSPS) is 17.8. The number of halogens is 1. The van der Waals surface area contributed by atoms with Gasteiger partial charge in [-0.2, -0.15) is 0 Å². The minimum atomic E-state index is -1.25. The Morgan fingerprint density at radius 1 is 1.55 bits per heavy atom. The van der Waals surface area contributed by atoms with Gasteiger partial charge < -0.3 is 19.8 Å². The number of likely N-dealkylation sites (N-methyl/N-ethyl adjacent to an activating group) is 1. The number of aromatic carboxylic acids is 1. The molecule has 0 spiro atoms. The lowest BCUT2D eigenvalue weighted by Gasteiger charge is -2.36. The summed E-state index contributed by atoms with van der Waals surface area (Å²) in [5.41, 5.74) is -1.16. The number of hydrogen-bond donors (Lipinski definition) is 2. The quantitative estimate of drug-likeness (QED) is 0.854. The van der Waals surface area contributed by atoms with E-state index in [0.717, 1.165) is 12.3 Å². The van der Waals surface area contributed by atoms with Crippen molar-refractivity contribution in [3.8, 4) is 0 Å². The van der Waals surface area contributed by atoms with Gasteiger partial charge in [0.1, 0.15) is 17.2 Å². The second-order valence-corrected chi connectivity index (χ2v) is 5.02. The van der Waals surface area contributed by atoms with Gasteiger partial charge in [-0.3, -0.25) is 0 Å². The lowest BCUT2D eigenvalue weighted by atomic mass is 9.94. The molecule has 1 saturated heterocycles. The smallest absolute Gasteiger partial charge is 0.339 e. The number of aromatic nitrogens is 1. The SMILES string of the molecule is CN(CC1(O)CCOCC1)c1ncc(F)cc1C(=O)O. The minimum absolute atomic E-state index is 0.138. The summed E-state index contributed by atoms with van der Waals surface area (Å²) in [6, 6.07) is 0.926. The number of carbonyl (C=O) groups is 1. The first kappa shape index (κ1) is 14.7. The van der Waals surface area contributed by atoms with Crippen LogP contribution >= 0.6 is 0 Å². The number of anilines is 1.